The van der Waals surface area contributed by atoms with Crippen LogP contribution in [-0.4, -0.2) is 23.9 Å². The average Bonchev–Trinajstić information content (AvgIpc) is 2.84. The van der Waals surface area contributed by atoms with E-state index < -0.39 is 5.97 Å². The van der Waals surface area contributed by atoms with E-state index in [0.717, 1.165) is 30.7 Å². The van der Waals surface area contributed by atoms with Gasteiger partial charge in [-0.3, -0.25) is 4.99 Å². The fourth-order valence-electron chi connectivity index (χ4n) is 3.23. The van der Waals surface area contributed by atoms with Crippen molar-refractivity contribution in [2.45, 2.75) is 46.0 Å². The number of esters is 1. The standard InChI is InChI=1S/C28H31NO4/c1-3-5-6-7-18-32-25-15-10-22(11-16-25)28(31)33-26-17-12-23(27(30)19-26)20-29-24-13-8-21(4-2)9-14-24/h8-17,19-20,30H,3-7,18H2,1-2H3. The van der Waals surface area contributed by atoms with E-state index in [1.54, 1.807) is 42.6 Å². The number of aryl methyl sites for hydroxylation is 1. The van der Waals surface area contributed by atoms with Crippen LogP contribution in [0.25, 0.3) is 0 Å². The van der Waals surface area contributed by atoms with Gasteiger partial charge in [0, 0.05) is 17.8 Å². The number of phenolic OH excluding ortho intramolecular Hbond substituents is 1. The minimum atomic E-state index is -0.499. The third-order valence-electron chi connectivity index (χ3n) is 5.27. The van der Waals surface area contributed by atoms with Crippen LogP contribution in [0.4, 0.5) is 5.69 Å². The summed E-state index contributed by atoms with van der Waals surface area (Å²) in [6.45, 7) is 4.95. The predicted octanol–water partition coefficient (Wildman–Crippen LogP) is 6.88. The summed E-state index contributed by atoms with van der Waals surface area (Å²) in [4.78, 5) is 16.8. The summed E-state index contributed by atoms with van der Waals surface area (Å²) in [7, 11) is 0. The summed E-state index contributed by atoms with van der Waals surface area (Å²) in [5.74, 6) is 0.481. The highest BCUT2D eigenvalue weighted by Crippen LogP contribution is 2.24. The molecule has 0 bridgehead atoms. The van der Waals surface area contributed by atoms with Gasteiger partial charge < -0.3 is 14.6 Å². The van der Waals surface area contributed by atoms with Crippen molar-refractivity contribution in [2.75, 3.05) is 6.61 Å². The second-order valence-corrected chi connectivity index (χ2v) is 7.82. The molecule has 0 saturated heterocycles. The Morgan fingerprint density at radius 2 is 1.64 bits per heavy atom. The van der Waals surface area contributed by atoms with Crippen LogP contribution in [0, 0.1) is 0 Å². The maximum Gasteiger partial charge on any atom is 0.343 e. The maximum absolute atomic E-state index is 12.4. The zero-order chi connectivity index (χ0) is 23.5. The van der Waals surface area contributed by atoms with E-state index in [-0.39, 0.29) is 11.5 Å². The Hall–Kier alpha value is -3.60. The number of carbonyl (C=O) groups is 1. The van der Waals surface area contributed by atoms with Crippen molar-refractivity contribution >= 4 is 17.9 Å². The molecule has 0 radical (unpaired) electrons. The number of nitrogens with zero attached hydrogens (tertiary/aromatic N) is 1. The molecule has 0 aromatic heterocycles. The largest absolute Gasteiger partial charge is 0.507 e. The number of aromatic hydroxyl groups is 1. The third-order valence-corrected chi connectivity index (χ3v) is 5.27. The fraction of sp³-hybridized carbons (Fsp3) is 0.286. The highest BCUT2D eigenvalue weighted by atomic mass is 16.5. The topological polar surface area (TPSA) is 68.1 Å². The SMILES string of the molecule is CCCCCCOc1ccc(C(=O)Oc2ccc(C=Nc3ccc(CC)cc3)c(O)c2)cc1. The first-order valence-corrected chi connectivity index (χ1v) is 11.5. The quantitative estimate of drug-likeness (QED) is 0.151. The molecule has 0 aliphatic heterocycles. The second-order valence-electron chi connectivity index (χ2n) is 7.82. The molecule has 3 rings (SSSR count). The molecule has 1 N–H and O–H groups in total. The van der Waals surface area contributed by atoms with Crippen LogP contribution >= 0.6 is 0 Å². The summed E-state index contributed by atoms with van der Waals surface area (Å²) >= 11 is 0. The second kappa shape index (κ2) is 12.4. The van der Waals surface area contributed by atoms with Crippen LogP contribution in [0.3, 0.4) is 0 Å². The van der Waals surface area contributed by atoms with Gasteiger partial charge in [-0.05, 0) is 66.9 Å². The van der Waals surface area contributed by atoms with Gasteiger partial charge in [-0.15, -0.1) is 0 Å². The molecule has 0 spiro atoms. The van der Waals surface area contributed by atoms with Gasteiger partial charge in [0.25, 0.3) is 0 Å². The van der Waals surface area contributed by atoms with E-state index in [2.05, 4.69) is 18.8 Å². The molecule has 0 heterocycles. The van der Waals surface area contributed by atoms with Crippen LogP contribution in [0.1, 0.15) is 61.0 Å². The molecule has 5 heteroatoms. The molecule has 33 heavy (non-hydrogen) atoms. The lowest BCUT2D eigenvalue weighted by atomic mass is 10.1. The van der Waals surface area contributed by atoms with Crippen LogP contribution in [0.5, 0.6) is 17.2 Å². The Labute approximate surface area is 195 Å². The molecule has 0 fully saturated rings. The first-order valence-electron chi connectivity index (χ1n) is 11.5. The van der Waals surface area contributed by atoms with Crippen LogP contribution in [-0.2, 0) is 6.42 Å². The van der Waals surface area contributed by atoms with E-state index in [9.17, 15) is 9.90 Å². The van der Waals surface area contributed by atoms with E-state index in [1.807, 2.05) is 24.3 Å². The Bertz CT molecular complexity index is 1060. The van der Waals surface area contributed by atoms with Crippen LogP contribution in [0.2, 0.25) is 0 Å². The number of hydrogen-bond acceptors (Lipinski definition) is 5. The van der Waals surface area contributed by atoms with Gasteiger partial charge in [-0.25, -0.2) is 4.79 Å². The third kappa shape index (κ3) is 7.49. The highest BCUT2D eigenvalue weighted by Gasteiger charge is 2.10. The van der Waals surface area contributed by atoms with Gasteiger partial charge >= 0.3 is 5.97 Å². The number of hydrogen-bond donors (Lipinski definition) is 1. The van der Waals surface area contributed by atoms with Crippen molar-refractivity contribution in [3.63, 3.8) is 0 Å². The lowest BCUT2D eigenvalue weighted by Crippen LogP contribution is -2.08. The normalized spacial score (nSPS) is 11.0. The Kier molecular flexibility index (Phi) is 9.07. The number of phenols is 1. The first-order chi connectivity index (χ1) is 16.1. The fourth-order valence-corrected chi connectivity index (χ4v) is 3.23. The van der Waals surface area contributed by atoms with E-state index in [4.69, 9.17) is 9.47 Å². The number of carbonyl (C=O) groups excluding carboxylic acids is 1. The number of benzene rings is 3. The van der Waals surface area contributed by atoms with Crippen molar-refractivity contribution in [3.8, 4) is 17.2 Å². The molecule has 5 nitrogen and oxygen atoms in total. The van der Waals surface area contributed by atoms with Crippen molar-refractivity contribution in [3.05, 3.63) is 83.4 Å². The van der Waals surface area contributed by atoms with Gasteiger partial charge in [-0.2, -0.15) is 0 Å². The average molecular weight is 446 g/mol. The minimum absolute atomic E-state index is 0.0129. The summed E-state index contributed by atoms with van der Waals surface area (Å²) in [6, 6.07) is 19.5. The Balaban J connectivity index is 1.55. The maximum atomic E-state index is 12.4. The number of unbranched alkanes of at least 4 members (excludes halogenated alkanes) is 3. The molecule has 172 valence electrons. The minimum Gasteiger partial charge on any atom is -0.507 e. The van der Waals surface area contributed by atoms with Crippen LogP contribution < -0.4 is 9.47 Å². The zero-order valence-corrected chi connectivity index (χ0v) is 19.3. The molecule has 3 aromatic carbocycles. The highest BCUT2D eigenvalue weighted by molar-refractivity contribution is 5.91. The zero-order valence-electron chi connectivity index (χ0n) is 19.3. The van der Waals surface area contributed by atoms with Gasteiger partial charge in [0.05, 0.1) is 17.9 Å². The van der Waals surface area contributed by atoms with Crippen LogP contribution in [0.15, 0.2) is 71.7 Å². The smallest absolute Gasteiger partial charge is 0.343 e. The van der Waals surface area contributed by atoms with Gasteiger partial charge in [0.15, 0.2) is 0 Å². The van der Waals surface area contributed by atoms with Crippen molar-refractivity contribution in [1.82, 2.24) is 0 Å². The molecular formula is C28H31NO4. The Morgan fingerprint density at radius 3 is 2.30 bits per heavy atom. The molecule has 0 atom stereocenters. The molecule has 0 aliphatic rings. The van der Waals surface area contributed by atoms with Crippen molar-refractivity contribution in [1.29, 1.82) is 0 Å². The molecule has 3 aromatic rings. The number of ether oxygens (including phenoxy) is 2. The van der Waals surface area contributed by atoms with Gasteiger partial charge in [-0.1, -0.05) is 45.2 Å². The summed E-state index contributed by atoms with van der Waals surface area (Å²) in [5.41, 5.74) is 2.99. The predicted molar refractivity (Wildman–Crippen MR) is 132 cm³/mol. The van der Waals surface area contributed by atoms with Crippen molar-refractivity contribution in [2.24, 2.45) is 4.99 Å². The first kappa shape index (κ1) is 24.1. The van der Waals surface area contributed by atoms with Gasteiger partial charge in [0.1, 0.15) is 17.2 Å². The summed E-state index contributed by atoms with van der Waals surface area (Å²) < 4.78 is 11.1. The lowest BCUT2D eigenvalue weighted by Gasteiger charge is -2.08. The monoisotopic (exact) mass is 445 g/mol. The van der Waals surface area contributed by atoms with Crippen molar-refractivity contribution < 1.29 is 19.4 Å². The molecule has 0 aliphatic carbocycles. The van der Waals surface area contributed by atoms with E-state index in [1.165, 1.54) is 24.5 Å². The number of aliphatic imine (C=N–C) groups is 1. The summed E-state index contributed by atoms with van der Waals surface area (Å²) in [5, 5.41) is 10.3. The summed E-state index contributed by atoms with van der Waals surface area (Å²) in [6.07, 6.45) is 7.14. The van der Waals surface area contributed by atoms with E-state index in [0.29, 0.717) is 17.7 Å². The lowest BCUT2D eigenvalue weighted by molar-refractivity contribution is 0.0734. The van der Waals surface area contributed by atoms with Gasteiger partial charge in [0.2, 0.25) is 0 Å². The Morgan fingerprint density at radius 1 is 0.909 bits per heavy atom. The molecule has 0 saturated carbocycles. The molecule has 0 unspecified atom stereocenters. The molecular weight excluding hydrogens is 414 g/mol. The van der Waals surface area contributed by atoms with E-state index >= 15 is 0 Å². The molecule has 0 amide bonds. The number of rotatable bonds is 11.